The molecule has 1 aliphatic carbocycles. The molecule has 4 heteroatoms. The standard InChI is InChI=1S/C16H17BrN2O/c1-10-4-2-7-14(16(10)17)18-12-5-3-6-13-11(12)8-9-15(20)19-13/h2,4,7-9,12,18H,3,5-6H2,1H3,(H,19,20). The zero-order valence-corrected chi connectivity index (χ0v) is 13.0. The van der Waals surface area contributed by atoms with E-state index in [1.54, 1.807) is 6.07 Å². The van der Waals surface area contributed by atoms with Gasteiger partial charge in [-0.15, -0.1) is 0 Å². The van der Waals surface area contributed by atoms with Crippen LogP contribution in [0.1, 0.15) is 35.7 Å². The molecule has 1 heterocycles. The maximum atomic E-state index is 11.4. The molecule has 0 bridgehead atoms. The van der Waals surface area contributed by atoms with Gasteiger partial charge >= 0.3 is 0 Å². The van der Waals surface area contributed by atoms with Crippen molar-refractivity contribution in [2.75, 3.05) is 5.32 Å². The Labute approximate surface area is 126 Å². The number of aromatic nitrogens is 1. The van der Waals surface area contributed by atoms with Crippen molar-refractivity contribution in [1.82, 2.24) is 4.98 Å². The Bertz CT molecular complexity index is 693. The van der Waals surface area contributed by atoms with Crippen LogP contribution in [-0.2, 0) is 6.42 Å². The molecule has 2 N–H and O–H groups in total. The van der Waals surface area contributed by atoms with Crippen molar-refractivity contribution in [2.45, 2.75) is 32.2 Å². The SMILES string of the molecule is Cc1cccc(NC2CCCc3[nH]c(=O)ccc32)c1Br. The molecule has 0 radical (unpaired) electrons. The number of fused-ring (bicyclic) bond motifs is 1. The third kappa shape index (κ3) is 2.52. The molecule has 0 aliphatic heterocycles. The van der Waals surface area contributed by atoms with Crippen molar-refractivity contribution in [3.05, 3.63) is 62.0 Å². The first-order chi connectivity index (χ1) is 9.65. The van der Waals surface area contributed by atoms with Crippen LogP contribution in [0.5, 0.6) is 0 Å². The molecule has 3 rings (SSSR count). The first-order valence-corrected chi connectivity index (χ1v) is 7.68. The minimum Gasteiger partial charge on any atom is -0.377 e. The lowest BCUT2D eigenvalue weighted by molar-refractivity contribution is 0.586. The highest BCUT2D eigenvalue weighted by atomic mass is 79.9. The Kier molecular flexibility index (Phi) is 3.66. The van der Waals surface area contributed by atoms with Gasteiger partial charge in [0.15, 0.2) is 0 Å². The van der Waals surface area contributed by atoms with Crippen molar-refractivity contribution in [3.63, 3.8) is 0 Å². The minimum atomic E-state index is -0.0128. The molecular formula is C16H17BrN2O. The zero-order chi connectivity index (χ0) is 14.1. The van der Waals surface area contributed by atoms with Gasteiger partial charge in [-0.1, -0.05) is 12.1 Å². The second kappa shape index (κ2) is 5.44. The van der Waals surface area contributed by atoms with Gasteiger partial charge in [0.1, 0.15) is 0 Å². The average Bonchev–Trinajstić information content (AvgIpc) is 2.44. The zero-order valence-electron chi connectivity index (χ0n) is 11.4. The van der Waals surface area contributed by atoms with E-state index in [0.717, 1.165) is 35.1 Å². The van der Waals surface area contributed by atoms with Crippen LogP contribution in [0, 0.1) is 6.92 Å². The van der Waals surface area contributed by atoms with E-state index in [4.69, 9.17) is 0 Å². The Hall–Kier alpha value is -1.55. The Morgan fingerprint density at radius 3 is 3.00 bits per heavy atom. The molecule has 0 spiro atoms. The summed E-state index contributed by atoms with van der Waals surface area (Å²) >= 11 is 3.64. The van der Waals surface area contributed by atoms with Gasteiger partial charge in [0.2, 0.25) is 5.56 Å². The van der Waals surface area contributed by atoms with E-state index in [0.29, 0.717) is 0 Å². The van der Waals surface area contributed by atoms with Crippen LogP contribution >= 0.6 is 15.9 Å². The predicted molar refractivity (Wildman–Crippen MR) is 85.2 cm³/mol. The molecular weight excluding hydrogens is 316 g/mol. The van der Waals surface area contributed by atoms with Gasteiger partial charge in [-0.25, -0.2) is 0 Å². The molecule has 20 heavy (non-hydrogen) atoms. The second-order valence-corrected chi connectivity index (χ2v) is 6.08. The van der Waals surface area contributed by atoms with Gasteiger partial charge in [0.05, 0.1) is 6.04 Å². The topological polar surface area (TPSA) is 44.9 Å². The highest BCUT2D eigenvalue weighted by molar-refractivity contribution is 9.10. The number of aryl methyl sites for hydroxylation is 2. The fraction of sp³-hybridized carbons (Fsp3) is 0.312. The molecule has 1 aromatic carbocycles. The maximum Gasteiger partial charge on any atom is 0.248 e. The molecule has 3 nitrogen and oxygen atoms in total. The van der Waals surface area contributed by atoms with Gasteiger partial charge in [-0.2, -0.15) is 0 Å². The van der Waals surface area contributed by atoms with Crippen molar-refractivity contribution < 1.29 is 0 Å². The van der Waals surface area contributed by atoms with Crippen LogP contribution < -0.4 is 10.9 Å². The molecule has 0 fully saturated rings. The number of rotatable bonds is 2. The number of hydrogen-bond donors (Lipinski definition) is 2. The lowest BCUT2D eigenvalue weighted by Crippen LogP contribution is -2.21. The van der Waals surface area contributed by atoms with E-state index in [2.05, 4.69) is 51.4 Å². The molecule has 0 saturated carbocycles. The Morgan fingerprint density at radius 1 is 1.30 bits per heavy atom. The molecule has 2 aromatic rings. The summed E-state index contributed by atoms with van der Waals surface area (Å²) < 4.78 is 1.11. The number of anilines is 1. The normalized spacial score (nSPS) is 17.6. The van der Waals surface area contributed by atoms with Crippen LogP contribution in [0.4, 0.5) is 5.69 Å². The summed E-state index contributed by atoms with van der Waals surface area (Å²) in [7, 11) is 0. The van der Waals surface area contributed by atoms with E-state index < -0.39 is 0 Å². The predicted octanol–water partition coefficient (Wildman–Crippen LogP) is 3.94. The van der Waals surface area contributed by atoms with Crippen LogP contribution in [0.2, 0.25) is 0 Å². The number of H-pyrrole nitrogens is 1. The Morgan fingerprint density at radius 2 is 2.15 bits per heavy atom. The van der Waals surface area contributed by atoms with Gasteiger partial charge in [0.25, 0.3) is 0 Å². The lowest BCUT2D eigenvalue weighted by Gasteiger charge is -2.27. The second-order valence-electron chi connectivity index (χ2n) is 5.28. The number of pyridine rings is 1. The number of nitrogens with one attached hydrogen (secondary N) is 2. The maximum absolute atomic E-state index is 11.4. The highest BCUT2D eigenvalue weighted by Gasteiger charge is 2.21. The van der Waals surface area contributed by atoms with Gasteiger partial charge in [-0.3, -0.25) is 4.79 Å². The van der Waals surface area contributed by atoms with Gasteiger partial charge < -0.3 is 10.3 Å². The molecule has 1 aromatic heterocycles. The summed E-state index contributed by atoms with van der Waals surface area (Å²) in [6.45, 7) is 2.08. The summed E-state index contributed by atoms with van der Waals surface area (Å²) in [5.41, 5.74) is 4.59. The van der Waals surface area contributed by atoms with E-state index in [-0.39, 0.29) is 11.6 Å². The summed E-state index contributed by atoms with van der Waals surface area (Å²) in [6, 6.07) is 10.0. The summed E-state index contributed by atoms with van der Waals surface area (Å²) in [4.78, 5) is 14.4. The van der Waals surface area contributed by atoms with Crippen molar-refractivity contribution >= 4 is 21.6 Å². The number of aromatic amines is 1. The van der Waals surface area contributed by atoms with Crippen LogP contribution in [0.25, 0.3) is 0 Å². The molecule has 0 amide bonds. The van der Waals surface area contributed by atoms with Crippen molar-refractivity contribution in [2.24, 2.45) is 0 Å². The molecule has 104 valence electrons. The largest absolute Gasteiger partial charge is 0.377 e. The highest BCUT2D eigenvalue weighted by Crippen LogP contribution is 2.34. The number of benzene rings is 1. The molecule has 1 unspecified atom stereocenters. The van der Waals surface area contributed by atoms with Crippen molar-refractivity contribution in [3.8, 4) is 0 Å². The van der Waals surface area contributed by atoms with E-state index in [9.17, 15) is 4.79 Å². The molecule has 1 aliphatic rings. The molecule has 1 atom stereocenters. The molecule has 0 saturated heterocycles. The first-order valence-electron chi connectivity index (χ1n) is 6.89. The Balaban J connectivity index is 1.93. The quantitative estimate of drug-likeness (QED) is 0.874. The van der Waals surface area contributed by atoms with Crippen LogP contribution in [-0.4, -0.2) is 4.98 Å². The summed E-state index contributed by atoms with van der Waals surface area (Å²) in [5.74, 6) is 0. The van der Waals surface area contributed by atoms with E-state index in [1.807, 2.05) is 6.07 Å². The fourth-order valence-corrected chi connectivity index (χ4v) is 3.18. The van der Waals surface area contributed by atoms with Gasteiger partial charge in [0, 0.05) is 21.9 Å². The number of hydrogen-bond acceptors (Lipinski definition) is 2. The smallest absolute Gasteiger partial charge is 0.248 e. The van der Waals surface area contributed by atoms with E-state index in [1.165, 1.54) is 11.1 Å². The monoisotopic (exact) mass is 332 g/mol. The first kappa shape index (κ1) is 13.4. The van der Waals surface area contributed by atoms with Crippen LogP contribution in [0.3, 0.4) is 0 Å². The average molecular weight is 333 g/mol. The fourth-order valence-electron chi connectivity index (χ4n) is 2.80. The third-order valence-electron chi connectivity index (χ3n) is 3.85. The van der Waals surface area contributed by atoms with E-state index >= 15 is 0 Å². The number of halogens is 1. The lowest BCUT2D eigenvalue weighted by atomic mass is 9.91. The third-order valence-corrected chi connectivity index (χ3v) is 4.91. The summed E-state index contributed by atoms with van der Waals surface area (Å²) in [5, 5.41) is 3.60. The van der Waals surface area contributed by atoms with Crippen LogP contribution in [0.15, 0.2) is 39.6 Å². The minimum absolute atomic E-state index is 0.0128. The summed E-state index contributed by atoms with van der Waals surface area (Å²) in [6.07, 6.45) is 3.13. The van der Waals surface area contributed by atoms with Crippen molar-refractivity contribution in [1.29, 1.82) is 0 Å². The van der Waals surface area contributed by atoms with Gasteiger partial charge in [-0.05, 0) is 65.4 Å².